The Balaban J connectivity index is 1.48. The van der Waals surface area contributed by atoms with Crippen molar-refractivity contribution in [2.24, 2.45) is 5.92 Å². The first kappa shape index (κ1) is 21.3. The summed E-state index contributed by atoms with van der Waals surface area (Å²) in [5.74, 6) is -2.79. The quantitative estimate of drug-likeness (QED) is 0.686. The number of hydrogen-bond acceptors (Lipinski definition) is 5. The highest BCUT2D eigenvalue weighted by Crippen LogP contribution is 2.19. The fraction of sp³-hybridized carbons (Fsp3) is 0.238. The van der Waals surface area contributed by atoms with Gasteiger partial charge in [-0.2, -0.15) is 0 Å². The summed E-state index contributed by atoms with van der Waals surface area (Å²) in [7, 11) is 0. The molecule has 0 saturated carbocycles. The number of hydrogen-bond donors (Lipinski definition) is 2. The molecule has 30 heavy (non-hydrogen) atoms. The molecule has 0 aromatic heterocycles. The average molecular weight is 430 g/mol. The molecule has 1 aliphatic heterocycles. The van der Waals surface area contributed by atoms with Crippen LogP contribution in [0.1, 0.15) is 22.3 Å². The summed E-state index contributed by atoms with van der Waals surface area (Å²) in [4.78, 5) is 48.7. The van der Waals surface area contributed by atoms with Crippen molar-refractivity contribution in [3.63, 3.8) is 0 Å². The monoisotopic (exact) mass is 429 g/mol. The molecule has 2 N–H and O–H groups in total. The summed E-state index contributed by atoms with van der Waals surface area (Å²) in [5, 5.41) is 4.21. The molecular weight excluding hydrogens is 410 g/mol. The van der Waals surface area contributed by atoms with Crippen LogP contribution in [-0.2, 0) is 19.1 Å². The number of carbonyl (C=O) groups is 4. The Morgan fingerprint density at radius 3 is 2.53 bits per heavy atom. The van der Waals surface area contributed by atoms with E-state index >= 15 is 0 Å². The summed E-state index contributed by atoms with van der Waals surface area (Å²) in [5.41, 5.74) is 4.24. The maximum atomic E-state index is 12.4. The number of aryl methyl sites for hydroxylation is 1. The third kappa shape index (κ3) is 5.36. The van der Waals surface area contributed by atoms with E-state index in [1.54, 1.807) is 49.4 Å². The van der Waals surface area contributed by atoms with Gasteiger partial charge < -0.3 is 10.1 Å². The van der Waals surface area contributed by atoms with E-state index in [1.807, 2.05) is 6.07 Å². The minimum atomic E-state index is -0.766. The highest BCUT2D eigenvalue weighted by Gasteiger charge is 2.36. The van der Waals surface area contributed by atoms with E-state index in [9.17, 15) is 19.2 Å². The van der Waals surface area contributed by atoms with E-state index in [0.29, 0.717) is 16.3 Å². The van der Waals surface area contributed by atoms with Gasteiger partial charge in [0.2, 0.25) is 5.91 Å². The molecule has 0 aliphatic carbocycles. The molecule has 1 heterocycles. The van der Waals surface area contributed by atoms with Crippen LogP contribution >= 0.6 is 11.6 Å². The molecule has 1 fully saturated rings. The smallest absolute Gasteiger partial charge is 0.311 e. The third-order valence-corrected chi connectivity index (χ3v) is 4.81. The van der Waals surface area contributed by atoms with E-state index in [1.165, 1.54) is 0 Å². The Kier molecular flexibility index (Phi) is 6.68. The van der Waals surface area contributed by atoms with Gasteiger partial charge in [-0.1, -0.05) is 29.8 Å². The van der Waals surface area contributed by atoms with Gasteiger partial charge in [0.25, 0.3) is 11.8 Å². The van der Waals surface area contributed by atoms with E-state index in [4.69, 9.17) is 16.3 Å². The number of carbonyl (C=O) groups excluding carboxylic acids is 4. The van der Waals surface area contributed by atoms with Crippen molar-refractivity contribution in [2.75, 3.05) is 18.5 Å². The lowest BCUT2D eigenvalue weighted by atomic mass is 10.1. The van der Waals surface area contributed by atoms with Crippen molar-refractivity contribution < 1.29 is 23.9 Å². The molecule has 2 aromatic carbocycles. The standard InChI is InChI=1S/C21H20ClN3O5/c1-13-4-2-3-5-17(13)20(28)24-25-11-14(10-19(25)27)21(29)30-12-18(26)23-16-8-6-15(22)7-9-16/h2-9,14H,10-12H2,1H3,(H,23,26)(H,24,28)/t14-/m0/s1. The maximum Gasteiger partial charge on any atom is 0.311 e. The van der Waals surface area contributed by atoms with Crippen molar-refractivity contribution in [2.45, 2.75) is 13.3 Å². The molecule has 0 bridgehead atoms. The molecule has 156 valence electrons. The van der Waals surface area contributed by atoms with Gasteiger partial charge >= 0.3 is 5.97 Å². The van der Waals surface area contributed by atoms with Crippen molar-refractivity contribution in [3.05, 3.63) is 64.7 Å². The summed E-state index contributed by atoms with van der Waals surface area (Å²) >= 11 is 5.78. The van der Waals surface area contributed by atoms with Crippen molar-refractivity contribution in [3.8, 4) is 0 Å². The number of hydrazine groups is 1. The largest absolute Gasteiger partial charge is 0.455 e. The number of nitrogens with one attached hydrogen (secondary N) is 2. The number of esters is 1. The van der Waals surface area contributed by atoms with Crippen LogP contribution in [0.4, 0.5) is 5.69 Å². The molecule has 1 aliphatic rings. The molecule has 2 aromatic rings. The molecule has 0 spiro atoms. The summed E-state index contributed by atoms with van der Waals surface area (Å²) in [6.45, 7) is 1.28. The van der Waals surface area contributed by atoms with Crippen LogP contribution in [0.15, 0.2) is 48.5 Å². The van der Waals surface area contributed by atoms with Gasteiger partial charge in [-0.05, 0) is 42.8 Å². The molecule has 8 nitrogen and oxygen atoms in total. The first-order valence-electron chi connectivity index (χ1n) is 9.22. The number of rotatable bonds is 6. The molecule has 3 amide bonds. The zero-order chi connectivity index (χ0) is 21.7. The van der Waals surface area contributed by atoms with Crippen LogP contribution in [0.2, 0.25) is 5.02 Å². The van der Waals surface area contributed by atoms with Crippen molar-refractivity contribution in [1.29, 1.82) is 0 Å². The Labute approximate surface area is 178 Å². The molecule has 0 radical (unpaired) electrons. The second-order valence-electron chi connectivity index (χ2n) is 6.82. The second-order valence-corrected chi connectivity index (χ2v) is 7.26. The molecule has 0 unspecified atom stereocenters. The van der Waals surface area contributed by atoms with Crippen molar-refractivity contribution >= 4 is 41.0 Å². The van der Waals surface area contributed by atoms with Crippen LogP contribution in [0, 0.1) is 12.8 Å². The lowest BCUT2D eigenvalue weighted by Gasteiger charge is -2.18. The van der Waals surface area contributed by atoms with E-state index in [2.05, 4.69) is 10.7 Å². The Morgan fingerprint density at radius 2 is 1.83 bits per heavy atom. The molecule has 1 saturated heterocycles. The fourth-order valence-electron chi connectivity index (χ4n) is 2.97. The van der Waals surface area contributed by atoms with Crippen LogP contribution < -0.4 is 10.7 Å². The van der Waals surface area contributed by atoms with Gasteiger partial charge in [0.15, 0.2) is 6.61 Å². The van der Waals surface area contributed by atoms with Gasteiger partial charge in [0.05, 0.1) is 12.5 Å². The van der Waals surface area contributed by atoms with Crippen LogP contribution in [-0.4, -0.2) is 41.9 Å². The number of halogens is 1. The Bertz CT molecular complexity index is 977. The SMILES string of the molecule is Cc1ccccc1C(=O)NN1C[C@@H](C(=O)OCC(=O)Nc2ccc(Cl)cc2)CC1=O. The minimum Gasteiger partial charge on any atom is -0.455 e. The van der Waals surface area contributed by atoms with Gasteiger partial charge in [-0.25, -0.2) is 0 Å². The summed E-state index contributed by atoms with van der Waals surface area (Å²) in [6.07, 6.45) is -0.105. The van der Waals surface area contributed by atoms with Crippen LogP contribution in [0.5, 0.6) is 0 Å². The predicted molar refractivity (Wildman–Crippen MR) is 110 cm³/mol. The fourth-order valence-corrected chi connectivity index (χ4v) is 3.09. The Morgan fingerprint density at radius 1 is 1.13 bits per heavy atom. The van der Waals surface area contributed by atoms with Gasteiger partial charge in [-0.3, -0.25) is 29.6 Å². The number of ether oxygens (including phenoxy) is 1. The lowest BCUT2D eigenvalue weighted by molar-refractivity contribution is -0.151. The normalized spacial score (nSPS) is 15.6. The van der Waals surface area contributed by atoms with Gasteiger partial charge in [0.1, 0.15) is 0 Å². The van der Waals surface area contributed by atoms with Gasteiger partial charge in [-0.15, -0.1) is 0 Å². The van der Waals surface area contributed by atoms with E-state index in [0.717, 1.165) is 10.6 Å². The van der Waals surface area contributed by atoms with Crippen LogP contribution in [0.3, 0.4) is 0 Å². The average Bonchev–Trinajstić information content (AvgIpc) is 3.08. The van der Waals surface area contributed by atoms with Gasteiger partial charge in [0, 0.05) is 22.7 Å². The number of nitrogens with zero attached hydrogens (tertiary/aromatic N) is 1. The highest BCUT2D eigenvalue weighted by molar-refractivity contribution is 6.30. The minimum absolute atomic E-state index is 0.0198. The zero-order valence-electron chi connectivity index (χ0n) is 16.2. The molecule has 1 atom stereocenters. The zero-order valence-corrected chi connectivity index (χ0v) is 16.9. The lowest BCUT2D eigenvalue weighted by Crippen LogP contribution is -2.43. The third-order valence-electron chi connectivity index (χ3n) is 4.56. The van der Waals surface area contributed by atoms with Crippen molar-refractivity contribution in [1.82, 2.24) is 10.4 Å². The Hall–Kier alpha value is -3.39. The van der Waals surface area contributed by atoms with Crippen LogP contribution in [0.25, 0.3) is 0 Å². The first-order valence-corrected chi connectivity index (χ1v) is 9.60. The van der Waals surface area contributed by atoms with E-state index in [-0.39, 0.29) is 13.0 Å². The molecule has 3 rings (SSSR count). The first-order chi connectivity index (χ1) is 14.3. The number of benzene rings is 2. The topological polar surface area (TPSA) is 105 Å². The summed E-state index contributed by atoms with van der Waals surface area (Å²) in [6, 6.07) is 13.4. The molecular formula is C21H20ClN3O5. The maximum absolute atomic E-state index is 12.4. The highest BCUT2D eigenvalue weighted by atomic mass is 35.5. The number of anilines is 1. The second kappa shape index (κ2) is 9.41. The predicted octanol–water partition coefficient (Wildman–Crippen LogP) is 2.32. The number of amides is 3. The summed E-state index contributed by atoms with van der Waals surface area (Å²) < 4.78 is 5.02. The van der Waals surface area contributed by atoms with E-state index < -0.39 is 36.2 Å². The molecule has 9 heteroatoms.